The van der Waals surface area contributed by atoms with Crippen molar-refractivity contribution in [1.29, 1.82) is 0 Å². The van der Waals surface area contributed by atoms with Crippen molar-refractivity contribution in [3.63, 3.8) is 0 Å². The van der Waals surface area contributed by atoms with Gasteiger partial charge in [-0.2, -0.15) is 0 Å². The number of fused-ring (bicyclic) bond motifs is 1. The normalized spacial score (nSPS) is 17.9. The van der Waals surface area contributed by atoms with E-state index in [-0.39, 0.29) is 12.0 Å². The van der Waals surface area contributed by atoms with E-state index < -0.39 is 0 Å². The summed E-state index contributed by atoms with van der Waals surface area (Å²) in [5.74, 6) is 0.848. The van der Waals surface area contributed by atoms with Crippen LogP contribution in [-0.4, -0.2) is 40.2 Å². The Morgan fingerprint density at radius 1 is 1.44 bits per heavy atom. The smallest absolute Gasteiger partial charge is 0.168 e. The lowest BCUT2D eigenvalue weighted by Crippen LogP contribution is -2.47. The van der Waals surface area contributed by atoms with Gasteiger partial charge < -0.3 is 14.4 Å². The third-order valence-corrected chi connectivity index (χ3v) is 4.79. The fourth-order valence-electron chi connectivity index (χ4n) is 2.08. The average Bonchev–Trinajstić information content (AvgIpc) is 2.67. The molecule has 2 heterocycles. The molecule has 1 N–H and O–H groups in total. The first-order valence-corrected chi connectivity index (χ1v) is 6.96. The van der Waals surface area contributed by atoms with Crippen LogP contribution < -0.4 is 0 Å². The van der Waals surface area contributed by atoms with Crippen molar-refractivity contribution in [2.24, 2.45) is 12.5 Å². The molecule has 0 bridgehead atoms. The molecule has 0 spiro atoms. The number of aliphatic hydroxyl groups is 1. The molecule has 4 nitrogen and oxygen atoms in total. The number of aryl methyl sites for hydroxylation is 1. The molecule has 0 unspecified atom stereocenters. The third kappa shape index (κ3) is 1.92. The minimum absolute atomic E-state index is 0.0667. The van der Waals surface area contributed by atoms with Gasteiger partial charge in [0.25, 0.3) is 0 Å². The number of nitrogens with zero attached hydrogens (tertiary/aromatic N) is 2. The van der Waals surface area contributed by atoms with Crippen LogP contribution in [0.3, 0.4) is 0 Å². The van der Waals surface area contributed by atoms with E-state index in [1.165, 1.54) is 0 Å². The Balaban J connectivity index is 1.80. The highest BCUT2D eigenvalue weighted by Crippen LogP contribution is 2.34. The predicted molar refractivity (Wildman–Crippen MR) is 71.8 cm³/mol. The summed E-state index contributed by atoms with van der Waals surface area (Å²) in [4.78, 5) is 4.61. The van der Waals surface area contributed by atoms with Crippen LogP contribution in [0.15, 0.2) is 29.4 Å². The van der Waals surface area contributed by atoms with Gasteiger partial charge in [-0.15, -0.1) is 0 Å². The molecule has 18 heavy (non-hydrogen) atoms. The molecule has 3 rings (SSSR count). The van der Waals surface area contributed by atoms with E-state index >= 15 is 0 Å². The van der Waals surface area contributed by atoms with Crippen LogP contribution in [0.25, 0.3) is 11.0 Å². The number of para-hydroxylation sites is 2. The number of hydrogen-bond acceptors (Lipinski definition) is 4. The molecule has 1 aromatic heterocycles. The van der Waals surface area contributed by atoms with Gasteiger partial charge in [0.05, 0.1) is 30.9 Å². The van der Waals surface area contributed by atoms with Crippen LogP contribution >= 0.6 is 11.8 Å². The van der Waals surface area contributed by atoms with Crippen molar-refractivity contribution in [2.75, 3.05) is 25.6 Å². The molecule has 0 saturated carbocycles. The Labute approximate surface area is 110 Å². The van der Waals surface area contributed by atoms with Crippen LogP contribution in [0.1, 0.15) is 0 Å². The zero-order chi connectivity index (χ0) is 12.6. The maximum absolute atomic E-state index is 9.40. The van der Waals surface area contributed by atoms with Gasteiger partial charge in [0, 0.05) is 18.2 Å². The number of aliphatic hydroxyl groups excluding tert-OH is 1. The lowest BCUT2D eigenvalue weighted by atomic mass is 9.90. The van der Waals surface area contributed by atoms with Crippen molar-refractivity contribution < 1.29 is 9.84 Å². The summed E-state index contributed by atoms with van der Waals surface area (Å²) < 4.78 is 7.31. The second kappa shape index (κ2) is 4.57. The number of hydrogen-bond donors (Lipinski definition) is 1. The van der Waals surface area contributed by atoms with Gasteiger partial charge in [-0.1, -0.05) is 23.9 Å². The highest BCUT2D eigenvalue weighted by Gasteiger charge is 2.38. The monoisotopic (exact) mass is 264 g/mol. The standard InChI is InChI=1S/C13H16N2O2S/c1-15-11-5-3-2-4-10(11)14-12(15)18-9-13(6-16)7-17-8-13/h2-5,16H,6-9H2,1H3. The number of imidazole rings is 1. The zero-order valence-electron chi connectivity index (χ0n) is 10.3. The van der Waals surface area contributed by atoms with Crippen molar-refractivity contribution in [2.45, 2.75) is 5.16 Å². The van der Waals surface area contributed by atoms with Crippen LogP contribution in [0.5, 0.6) is 0 Å². The van der Waals surface area contributed by atoms with E-state index in [0.29, 0.717) is 13.2 Å². The maximum atomic E-state index is 9.40. The van der Waals surface area contributed by atoms with Gasteiger partial charge in [0.1, 0.15) is 0 Å². The van der Waals surface area contributed by atoms with E-state index in [1.807, 2.05) is 25.2 Å². The zero-order valence-corrected chi connectivity index (χ0v) is 11.1. The van der Waals surface area contributed by atoms with Gasteiger partial charge >= 0.3 is 0 Å². The van der Waals surface area contributed by atoms with E-state index in [1.54, 1.807) is 11.8 Å². The number of rotatable bonds is 4. The fraction of sp³-hybridized carbons (Fsp3) is 0.462. The molecule has 0 radical (unpaired) electrons. The van der Waals surface area contributed by atoms with Crippen LogP contribution in [0.4, 0.5) is 0 Å². The number of ether oxygens (including phenoxy) is 1. The van der Waals surface area contributed by atoms with E-state index in [4.69, 9.17) is 4.74 Å². The van der Waals surface area contributed by atoms with Gasteiger partial charge in [-0.05, 0) is 12.1 Å². The van der Waals surface area contributed by atoms with Crippen LogP contribution in [0.2, 0.25) is 0 Å². The Morgan fingerprint density at radius 3 is 2.83 bits per heavy atom. The molecule has 1 aliphatic rings. The number of thioether (sulfide) groups is 1. The molecule has 2 aromatic rings. The first-order chi connectivity index (χ1) is 8.74. The average molecular weight is 264 g/mol. The topological polar surface area (TPSA) is 47.3 Å². The van der Waals surface area contributed by atoms with Gasteiger partial charge in [-0.25, -0.2) is 4.98 Å². The Morgan fingerprint density at radius 2 is 2.22 bits per heavy atom. The number of benzene rings is 1. The summed E-state index contributed by atoms with van der Waals surface area (Å²) in [6.07, 6.45) is 0. The van der Waals surface area contributed by atoms with Crippen molar-refractivity contribution in [1.82, 2.24) is 9.55 Å². The highest BCUT2D eigenvalue weighted by molar-refractivity contribution is 7.99. The Bertz CT molecular complexity index is 558. The van der Waals surface area contributed by atoms with Crippen molar-refractivity contribution >= 4 is 22.8 Å². The quantitative estimate of drug-likeness (QED) is 0.853. The largest absolute Gasteiger partial charge is 0.396 e. The summed E-state index contributed by atoms with van der Waals surface area (Å²) in [7, 11) is 2.03. The molecule has 1 fully saturated rings. The van der Waals surface area contributed by atoms with E-state index in [9.17, 15) is 5.11 Å². The highest BCUT2D eigenvalue weighted by atomic mass is 32.2. The first-order valence-electron chi connectivity index (χ1n) is 5.97. The van der Waals surface area contributed by atoms with E-state index in [0.717, 1.165) is 21.9 Å². The second-order valence-corrected chi connectivity index (χ2v) is 5.82. The molecule has 1 aromatic carbocycles. The molecule has 1 aliphatic heterocycles. The molecule has 96 valence electrons. The Hall–Kier alpha value is -1.04. The van der Waals surface area contributed by atoms with Crippen LogP contribution in [0, 0.1) is 5.41 Å². The molecule has 0 aliphatic carbocycles. The summed E-state index contributed by atoms with van der Waals surface area (Å²) >= 11 is 1.69. The molecule has 1 saturated heterocycles. The lowest BCUT2D eigenvalue weighted by molar-refractivity contribution is -0.121. The molecular weight excluding hydrogens is 248 g/mol. The SMILES string of the molecule is Cn1c(SCC2(CO)COC2)nc2ccccc21. The Kier molecular flexibility index (Phi) is 3.05. The second-order valence-electron chi connectivity index (χ2n) is 4.88. The van der Waals surface area contributed by atoms with Gasteiger partial charge in [-0.3, -0.25) is 0 Å². The van der Waals surface area contributed by atoms with Gasteiger partial charge in [0.15, 0.2) is 5.16 Å². The van der Waals surface area contributed by atoms with Crippen molar-refractivity contribution in [3.05, 3.63) is 24.3 Å². The molecular formula is C13H16N2O2S. The van der Waals surface area contributed by atoms with Gasteiger partial charge in [0.2, 0.25) is 0 Å². The summed E-state index contributed by atoms with van der Waals surface area (Å²) in [6.45, 7) is 1.49. The number of aromatic nitrogens is 2. The minimum atomic E-state index is -0.0667. The fourth-order valence-corrected chi connectivity index (χ4v) is 3.23. The predicted octanol–water partition coefficient (Wildman–Crippen LogP) is 1.67. The summed E-state index contributed by atoms with van der Waals surface area (Å²) in [5, 5.41) is 10.4. The molecule has 0 amide bonds. The lowest BCUT2D eigenvalue weighted by Gasteiger charge is -2.39. The summed E-state index contributed by atoms with van der Waals surface area (Å²) in [5.41, 5.74) is 2.09. The summed E-state index contributed by atoms with van der Waals surface area (Å²) in [6, 6.07) is 8.11. The van der Waals surface area contributed by atoms with Crippen LogP contribution in [-0.2, 0) is 11.8 Å². The first kappa shape index (κ1) is 12.0. The molecule has 0 atom stereocenters. The third-order valence-electron chi connectivity index (χ3n) is 3.41. The van der Waals surface area contributed by atoms with Crippen molar-refractivity contribution in [3.8, 4) is 0 Å². The van der Waals surface area contributed by atoms with E-state index in [2.05, 4.69) is 15.6 Å². The molecule has 5 heteroatoms. The minimum Gasteiger partial charge on any atom is -0.396 e. The maximum Gasteiger partial charge on any atom is 0.168 e.